The number of likely N-dealkylation sites (tertiary alicyclic amines) is 1. The summed E-state index contributed by atoms with van der Waals surface area (Å²) in [5, 5.41) is 9.43. The molecule has 0 spiro atoms. The lowest BCUT2D eigenvalue weighted by atomic mass is 9.83. The predicted molar refractivity (Wildman–Crippen MR) is 70.9 cm³/mol. The summed E-state index contributed by atoms with van der Waals surface area (Å²) in [5.74, 6) is -0.749. The van der Waals surface area contributed by atoms with Crippen LogP contribution < -0.4 is 0 Å². The lowest BCUT2D eigenvalue weighted by Gasteiger charge is -2.50. The first kappa shape index (κ1) is 14.8. The minimum atomic E-state index is -0.716. The standard InChI is InChI=1S/C14H25NO4/c1-18-14(19-2)9-15(10-14)12(13(16)17)8-11-6-4-3-5-7-11/h11-12H,3-10H2,1-2H3,(H,16,17). The molecule has 1 aliphatic carbocycles. The Kier molecular flexibility index (Phi) is 4.81. The van der Waals surface area contributed by atoms with Gasteiger partial charge in [0, 0.05) is 14.2 Å². The van der Waals surface area contributed by atoms with Gasteiger partial charge in [-0.3, -0.25) is 9.69 Å². The van der Waals surface area contributed by atoms with Crippen molar-refractivity contribution in [3.63, 3.8) is 0 Å². The average Bonchev–Trinajstić information content (AvgIpc) is 2.38. The molecule has 1 saturated carbocycles. The molecule has 0 amide bonds. The predicted octanol–water partition coefficient (Wildman–Crippen LogP) is 1.71. The average molecular weight is 271 g/mol. The molecule has 1 atom stereocenters. The lowest BCUT2D eigenvalue weighted by molar-refractivity contribution is -0.282. The second-order valence-corrected chi connectivity index (χ2v) is 5.82. The Morgan fingerprint density at radius 1 is 1.26 bits per heavy atom. The number of hydrogen-bond donors (Lipinski definition) is 1. The Morgan fingerprint density at radius 3 is 2.32 bits per heavy atom. The van der Waals surface area contributed by atoms with Crippen LogP contribution in [0, 0.1) is 5.92 Å². The van der Waals surface area contributed by atoms with E-state index in [2.05, 4.69) is 0 Å². The number of ether oxygens (including phenoxy) is 2. The van der Waals surface area contributed by atoms with Crippen LogP contribution >= 0.6 is 0 Å². The fraction of sp³-hybridized carbons (Fsp3) is 0.929. The SMILES string of the molecule is COC1(OC)CN(C(CC2CCCCC2)C(=O)O)C1. The van der Waals surface area contributed by atoms with Gasteiger partial charge in [-0.2, -0.15) is 0 Å². The van der Waals surface area contributed by atoms with E-state index in [9.17, 15) is 9.90 Å². The molecule has 2 fully saturated rings. The van der Waals surface area contributed by atoms with E-state index >= 15 is 0 Å². The molecule has 0 radical (unpaired) electrons. The molecule has 0 bridgehead atoms. The van der Waals surface area contributed by atoms with Gasteiger partial charge < -0.3 is 14.6 Å². The summed E-state index contributed by atoms with van der Waals surface area (Å²) in [4.78, 5) is 13.4. The number of nitrogens with zero attached hydrogens (tertiary/aromatic N) is 1. The molecule has 110 valence electrons. The summed E-state index contributed by atoms with van der Waals surface area (Å²) < 4.78 is 10.6. The van der Waals surface area contributed by atoms with Gasteiger partial charge in [0.15, 0.2) is 5.79 Å². The number of carbonyl (C=O) groups is 1. The van der Waals surface area contributed by atoms with Crippen LogP contribution in [0.1, 0.15) is 38.5 Å². The van der Waals surface area contributed by atoms with Gasteiger partial charge in [-0.1, -0.05) is 32.1 Å². The molecule has 2 rings (SSSR count). The summed E-state index contributed by atoms with van der Waals surface area (Å²) in [6, 6.07) is -0.387. The summed E-state index contributed by atoms with van der Waals surface area (Å²) in [6.45, 7) is 1.09. The minimum absolute atomic E-state index is 0.387. The lowest BCUT2D eigenvalue weighted by Crippen LogP contribution is -2.67. The van der Waals surface area contributed by atoms with Crippen molar-refractivity contribution in [1.82, 2.24) is 4.90 Å². The van der Waals surface area contributed by atoms with Crippen molar-refractivity contribution in [3.05, 3.63) is 0 Å². The van der Waals surface area contributed by atoms with Crippen molar-refractivity contribution < 1.29 is 19.4 Å². The molecular weight excluding hydrogens is 246 g/mol. The molecule has 5 heteroatoms. The number of methoxy groups -OCH3 is 2. The van der Waals surface area contributed by atoms with Crippen molar-refractivity contribution in [2.24, 2.45) is 5.92 Å². The summed E-state index contributed by atoms with van der Waals surface area (Å²) >= 11 is 0. The number of carboxylic acid groups (broad SMARTS) is 1. The number of aliphatic carboxylic acids is 1. The van der Waals surface area contributed by atoms with E-state index in [1.807, 2.05) is 4.90 Å². The molecular formula is C14H25NO4. The number of hydrogen-bond acceptors (Lipinski definition) is 4. The van der Waals surface area contributed by atoms with Gasteiger partial charge in [-0.15, -0.1) is 0 Å². The summed E-state index contributed by atoms with van der Waals surface area (Å²) in [5.41, 5.74) is 0. The third kappa shape index (κ3) is 3.27. The molecule has 1 saturated heterocycles. The van der Waals surface area contributed by atoms with E-state index in [4.69, 9.17) is 9.47 Å². The molecule has 0 aromatic carbocycles. The first-order valence-corrected chi connectivity index (χ1v) is 7.17. The Bertz CT molecular complexity index is 303. The zero-order valence-electron chi connectivity index (χ0n) is 11.9. The van der Waals surface area contributed by atoms with Gasteiger partial charge in [0.2, 0.25) is 0 Å². The van der Waals surface area contributed by atoms with Gasteiger partial charge >= 0.3 is 5.97 Å². The van der Waals surface area contributed by atoms with E-state index in [0.717, 1.165) is 6.42 Å². The van der Waals surface area contributed by atoms with Crippen LogP contribution in [0.4, 0.5) is 0 Å². The van der Waals surface area contributed by atoms with Crippen LogP contribution in [0.25, 0.3) is 0 Å². The van der Waals surface area contributed by atoms with Crippen molar-refractivity contribution in [2.75, 3.05) is 27.3 Å². The second-order valence-electron chi connectivity index (χ2n) is 5.82. The molecule has 1 aliphatic heterocycles. The third-order valence-corrected chi connectivity index (χ3v) is 4.64. The highest BCUT2D eigenvalue weighted by molar-refractivity contribution is 5.73. The summed E-state index contributed by atoms with van der Waals surface area (Å²) in [6.07, 6.45) is 6.91. The highest BCUT2D eigenvalue weighted by Crippen LogP contribution is 2.33. The van der Waals surface area contributed by atoms with E-state index in [1.54, 1.807) is 14.2 Å². The molecule has 0 aromatic heterocycles. The Hall–Kier alpha value is -0.650. The van der Waals surface area contributed by atoms with Crippen LogP contribution in [-0.4, -0.2) is 55.1 Å². The zero-order chi connectivity index (χ0) is 13.9. The van der Waals surface area contributed by atoms with Gasteiger partial charge in [0.25, 0.3) is 0 Å². The second kappa shape index (κ2) is 6.20. The molecule has 19 heavy (non-hydrogen) atoms. The maximum Gasteiger partial charge on any atom is 0.320 e. The van der Waals surface area contributed by atoms with E-state index in [1.165, 1.54) is 32.1 Å². The number of carboxylic acids is 1. The molecule has 1 heterocycles. The van der Waals surface area contributed by atoms with Gasteiger partial charge in [-0.05, 0) is 12.3 Å². The van der Waals surface area contributed by atoms with Gasteiger partial charge in [0.1, 0.15) is 6.04 Å². The summed E-state index contributed by atoms with van der Waals surface area (Å²) in [7, 11) is 3.22. The van der Waals surface area contributed by atoms with E-state index in [0.29, 0.717) is 19.0 Å². The molecule has 5 nitrogen and oxygen atoms in total. The van der Waals surface area contributed by atoms with Crippen molar-refractivity contribution >= 4 is 5.97 Å². The molecule has 1 unspecified atom stereocenters. The molecule has 0 aromatic rings. The van der Waals surface area contributed by atoms with Crippen LogP contribution in [0.5, 0.6) is 0 Å². The maximum absolute atomic E-state index is 11.5. The van der Waals surface area contributed by atoms with Crippen LogP contribution in [0.3, 0.4) is 0 Å². The first-order valence-electron chi connectivity index (χ1n) is 7.17. The normalized spacial score (nSPS) is 25.8. The zero-order valence-corrected chi connectivity index (χ0v) is 11.9. The van der Waals surface area contributed by atoms with Crippen LogP contribution in [0.15, 0.2) is 0 Å². The van der Waals surface area contributed by atoms with Crippen LogP contribution in [-0.2, 0) is 14.3 Å². The Balaban J connectivity index is 1.89. The smallest absolute Gasteiger partial charge is 0.320 e. The monoisotopic (exact) mass is 271 g/mol. The van der Waals surface area contributed by atoms with Gasteiger partial charge in [-0.25, -0.2) is 0 Å². The molecule has 2 aliphatic rings. The fourth-order valence-corrected chi connectivity index (χ4v) is 3.28. The minimum Gasteiger partial charge on any atom is -0.480 e. The quantitative estimate of drug-likeness (QED) is 0.745. The maximum atomic E-state index is 11.5. The van der Waals surface area contributed by atoms with Crippen molar-refractivity contribution in [3.8, 4) is 0 Å². The topological polar surface area (TPSA) is 59.0 Å². The number of rotatable bonds is 6. The molecule has 1 N–H and O–H groups in total. The van der Waals surface area contributed by atoms with Crippen molar-refractivity contribution in [2.45, 2.75) is 50.4 Å². The largest absolute Gasteiger partial charge is 0.480 e. The van der Waals surface area contributed by atoms with Gasteiger partial charge in [0.05, 0.1) is 13.1 Å². The van der Waals surface area contributed by atoms with E-state index in [-0.39, 0.29) is 6.04 Å². The van der Waals surface area contributed by atoms with E-state index < -0.39 is 11.8 Å². The van der Waals surface area contributed by atoms with Crippen LogP contribution in [0.2, 0.25) is 0 Å². The fourth-order valence-electron chi connectivity index (χ4n) is 3.28. The highest BCUT2D eigenvalue weighted by atomic mass is 16.7. The highest BCUT2D eigenvalue weighted by Gasteiger charge is 2.48. The first-order chi connectivity index (χ1) is 9.10. The third-order valence-electron chi connectivity index (χ3n) is 4.64. The Labute approximate surface area is 114 Å². The Morgan fingerprint density at radius 2 is 1.84 bits per heavy atom. The van der Waals surface area contributed by atoms with Crippen molar-refractivity contribution in [1.29, 1.82) is 0 Å².